The lowest BCUT2D eigenvalue weighted by molar-refractivity contribution is -0.114. The highest BCUT2D eigenvalue weighted by atomic mass is 32.2. The molecule has 17 heavy (non-hydrogen) atoms. The predicted molar refractivity (Wildman–Crippen MR) is 72.2 cm³/mol. The van der Waals surface area contributed by atoms with Gasteiger partial charge in [0.05, 0.1) is 0 Å². The lowest BCUT2D eigenvalue weighted by Crippen LogP contribution is -2.05. The molecule has 0 aliphatic heterocycles. The fourth-order valence-electron chi connectivity index (χ4n) is 1.34. The van der Waals surface area contributed by atoms with Gasteiger partial charge in [-0.25, -0.2) is 0 Å². The van der Waals surface area contributed by atoms with Crippen LogP contribution in [0.1, 0.15) is 25.8 Å². The zero-order chi connectivity index (χ0) is 12.7. The maximum absolute atomic E-state index is 11.1. The Labute approximate surface area is 106 Å². The average Bonchev–Trinajstić information content (AvgIpc) is 2.30. The molecule has 4 heteroatoms. The SMILES string of the molecule is CCC(=O)SCCc1ccc(NC(C)=O)cc1. The minimum atomic E-state index is -0.0677. The Morgan fingerprint density at radius 2 is 1.88 bits per heavy atom. The Hall–Kier alpha value is -1.29. The van der Waals surface area contributed by atoms with Crippen molar-refractivity contribution < 1.29 is 9.59 Å². The molecule has 0 heterocycles. The first-order chi connectivity index (χ1) is 8.11. The summed E-state index contributed by atoms with van der Waals surface area (Å²) in [5.74, 6) is 0.744. The number of anilines is 1. The van der Waals surface area contributed by atoms with Crippen molar-refractivity contribution >= 4 is 28.5 Å². The molecule has 1 amide bonds. The average molecular weight is 251 g/mol. The van der Waals surface area contributed by atoms with Crippen LogP contribution in [0, 0.1) is 0 Å². The van der Waals surface area contributed by atoms with Gasteiger partial charge in [0.1, 0.15) is 0 Å². The highest BCUT2D eigenvalue weighted by Crippen LogP contribution is 2.13. The van der Waals surface area contributed by atoms with E-state index in [9.17, 15) is 9.59 Å². The van der Waals surface area contributed by atoms with Crippen molar-refractivity contribution in [3.05, 3.63) is 29.8 Å². The van der Waals surface area contributed by atoms with E-state index in [1.165, 1.54) is 24.2 Å². The monoisotopic (exact) mass is 251 g/mol. The van der Waals surface area contributed by atoms with Gasteiger partial charge in [0.2, 0.25) is 5.91 Å². The molecule has 1 aromatic carbocycles. The van der Waals surface area contributed by atoms with Gasteiger partial charge in [-0.1, -0.05) is 30.8 Å². The Bertz CT molecular complexity index is 387. The van der Waals surface area contributed by atoms with Crippen LogP contribution in [0.2, 0.25) is 0 Å². The molecule has 1 aromatic rings. The van der Waals surface area contributed by atoms with Crippen LogP contribution >= 0.6 is 11.8 Å². The molecule has 92 valence electrons. The second-order valence-electron chi connectivity index (χ2n) is 3.70. The Morgan fingerprint density at radius 1 is 1.24 bits per heavy atom. The van der Waals surface area contributed by atoms with Crippen LogP contribution in [0.4, 0.5) is 5.69 Å². The van der Waals surface area contributed by atoms with E-state index in [2.05, 4.69) is 5.32 Å². The quantitative estimate of drug-likeness (QED) is 0.875. The molecule has 0 saturated carbocycles. The first-order valence-electron chi connectivity index (χ1n) is 5.64. The number of carbonyl (C=O) groups is 2. The van der Waals surface area contributed by atoms with Crippen LogP contribution in [0.5, 0.6) is 0 Å². The Kier molecular flexibility index (Phi) is 5.77. The lowest BCUT2D eigenvalue weighted by atomic mass is 10.1. The smallest absolute Gasteiger partial charge is 0.221 e. The van der Waals surface area contributed by atoms with E-state index in [0.717, 1.165) is 17.9 Å². The van der Waals surface area contributed by atoms with Crippen molar-refractivity contribution in [2.75, 3.05) is 11.1 Å². The molecule has 1 rings (SSSR count). The van der Waals surface area contributed by atoms with E-state index in [1.54, 1.807) is 0 Å². The van der Waals surface area contributed by atoms with Crippen molar-refractivity contribution in [3.8, 4) is 0 Å². The molecular weight excluding hydrogens is 234 g/mol. The van der Waals surface area contributed by atoms with Crippen LogP contribution in [-0.4, -0.2) is 16.8 Å². The first-order valence-corrected chi connectivity index (χ1v) is 6.62. The van der Waals surface area contributed by atoms with E-state index in [0.29, 0.717) is 6.42 Å². The fraction of sp³-hybridized carbons (Fsp3) is 0.385. The van der Waals surface area contributed by atoms with Crippen molar-refractivity contribution in [1.82, 2.24) is 0 Å². The Morgan fingerprint density at radius 3 is 2.41 bits per heavy atom. The summed E-state index contributed by atoms with van der Waals surface area (Å²) in [6.07, 6.45) is 1.46. The summed E-state index contributed by atoms with van der Waals surface area (Å²) in [5, 5.41) is 2.95. The van der Waals surface area contributed by atoms with E-state index in [-0.39, 0.29) is 11.0 Å². The largest absolute Gasteiger partial charge is 0.326 e. The summed E-state index contributed by atoms with van der Waals surface area (Å²) in [5.41, 5.74) is 1.98. The van der Waals surface area contributed by atoms with Crippen molar-refractivity contribution in [1.29, 1.82) is 0 Å². The van der Waals surface area contributed by atoms with E-state index < -0.39 is 0 Å². The second kappa shape index (κ2) is 7.12. The molecule has 0 fully saturated rings. The van der Waals surface area contributed by atoms with Gasteiger partial charge >= 0.3 is 0 Å². The molecular formula is C13H17NO2S. The fourth-order valence-corrected chi connectivity index (χ4v) is 2.11. The number of hydrogen-bond donors (Lipinski definition) is 1. The van der Waals surface area contributed by atoms with Crippen LogP contribution in [0.15, 0.2) is 24.3 Å². The Balaban J connectivity index is 2.40. The van der Waals surface area contributed by atoms with E-state index >= 15 is 0 Å². The third-order valence-corrected chi connectivity index (χ3v) is 3.24. The summed E-state index contributed by atoms with van der Waals surface area (Å²) in [4.78, 5) is 21.9. The first kappa shape index (κ1) is 13.8. The van der Waals surface area contributed by atoms with Crippen LogP contribution in [-0.2, 0) is 16.0 Å². The summed E-state index contributed by atoms with van der Waals surface area (Å²) >= 11 is 1.38. The number of nitrogens with one attached hydrogen (secondary N) is 1. The molecule has 0 atom stereocenters. The van der Waals surface area contributed by atoms with Gasteiger partial charge in [0.15, 0.2) is 5.12 Å². The van der Waals surface area contributed by atoms with Crippen LogP contribution in [0.25, 0.3) is 0 Å². The minimum absolute atomic E-state index is 0.0677. The third-order valence-electron chi connectivity index (χ3n) is 2.22. The summed E-state index contributed by atoms with van der Waals surface area (Å²) in [6, 6.07) is 7.70. The molecule has 0 unspecified atom stereocenters. The van der Waals surface area contributed by atoms with Crippen molar-refractivity contribution in [2.45, 2.75) is 26.7 Å². The number of amides is 1. The van der Waals surface area contributed by atoms with Gasteiger partial charge in [-0.3, -0.25) is 9.59 Å². The lowest BCUT2D eigenvalue weighted by Gasteiger charge is -2.04. The van der Waals surface area contributed by atoms with Gasteiger partial charge in [0.25, 0.3) is 0 Å². The summed E-state index contributed by atoms with van der Waals surface area (Å²) < 4.78 is 0. The number of rotatable bonds is 5. The van der Waals surface area contributed by atoms with Gasteiger partial charge in [0, 0.05) is 24.8 Å². The standard InChI is InChI=1S/C13H17NO2S/c1-3-13(16)17-9-8-11-4-6-12(7-5-11)14-10(2)15/h4-7H,3,8-9H2,1-2H3,(H,14,15). The third kappa shape index (κ3) is 5.54. The van der Waals surface area contributed by atoms with Crippen molar-refractivity contribution in [3.63, 3.8) is 0 Å². The molecule has 0 spiro atoms. The predicted octanol–water partition coefficient (Wildman–Crippen LogP) is 2.86. The van der Waals surface area contributed by atoms with Crippen molar-refractivity contribution in [2.24, 2.45) is 0 Å². The number of carbonyl (C=O) groups excluding carboxylic acids is 2. The molecule has 3 nitrogen and oxygen atoms in total. The van der Waals surface area contributed by atoms with Crippen LogP contribution < -0.4 is 5.32 Å². The van der Waals surface area contributed by atoms with Gasteiger partial charge in [-0.05, 0) is 24.1 Å². The van der Waals surface area contributed by atoms with Crippen LogP contribution in [0.3, 0.4) is 0 Å². The number of hydrogen-bond acceptors (Lipinski definition) is 3. The molecule has 0 bridgehead atoms. The van der Waals surface area contributed by atoms with E-state index in [4.69, 9.17) is 0 Å². The van der Waals surface area contributed by atoms with Gasteiger partial charge < -0.3 is 5.32 Å². The molecule has 0 aliphatic carbocycles. The normalized spacial score (nSPS) is 10.0. The summed E-state index contributed by atoms with van der Waals surface area (Å²) in [6.45, 7) is 3.36. The molecule has 0 aromatic heterocycles. The van der Waals surface area contributed by atoms with E-state index in [1.807, 2.05) is 31.2 Å². The second-order valence-corrected chi connectivity index (χ2v) is 4.85. The number of benzene rings is 1. The molecule has 1 N–H and O–H groups in total. The number of thioether (sulfide) groups is 1. The highest BCUT2D eigenvalue weighted by Gasteiger charge is 2.00. The highest BCUT2D eigenvalue weighted by molar-refractivity contribution is 8.13. The maximum atomic E-state index is 11.1. The zero-order valence-electron chi connectivity index (χ0n) is 10.2. The van der Waals surface area contributed by atoms with Gasteiger partial charge in [-0.2, -0.15) is 0 Å². The maximum Gasteiger partial charge on any atom is 0.221 e. The molecule has 0 aliphatic rings. The summed E-state index contributed by atoms with van der Waals surface area (Å²) in [7, 11) is 0. The molecule has 0 radical (unpaired) electrons. The van der Waals surface area contributed by atoms with Gasteiger partial charge in [-0.15, -0.1) is 0 Å². The molecule has 0 saturated heterocycles. The topological polar surface area (TPSA) is 46.2 Å². The number of aryl methyl sites for hydroxylation is 1. The minimum Gasteiger partial charge on any atom is -0.326 e. The zero-order valence-corrected chi connectivity index (χ0v) is 11.0.